The second-order valence-electron chi connectivity index (χ2n) is 3.17. The molecule has 3 N–H and O–H groups in total. The fourth-order valence-electron chi connectivity index (χ4n) is 1.03. The van der Waals surface area contributed by atoms with Gasteiger partial charge in [-0.1, -0.05) is 5.16 Å². The van der Waals surface area contributed by atoms with Crippen LogP contribution < -0.4 is 5.73 Å². The third-order valence-electron chi connectivity index (χ3n) is 2.26. The molecule has 2 atom stereocenters. The monoisotopic (exact) mass is 189 g/mol. The summed E-state index contributed by atoms with van der Waals surface area (Å²) in [5.41, 5.74) is 5.47. The summed E-state index contributed by atoms with van der Waals surface area (Å²) >= 11 is 0. The predicted molar refractivity (Wildman–Crippen MR) is 52.0 cm³/mol. The van der Waals surface area contributed by atoms with E-state index in [1.165, 1.54) is 0 Å². The Bertz CT molecular complexity index is 173. The largest absolute Gasteiger partial charge is 0.409 e. The van der Waals surface area contributed by atoms with Crippen LogP contribution in [0.15, 0.2) is 5.16 Å². The molecule has 13 heavy (non-hydrogen) atoms. The van der Waals surface area contributed by atoms with E-state index < -0.39 is 0 Å². The summed E-state index contributed by atoms with van der Waals surface area (Å²) in [6.45, 7) is 4.52. The van der Waals surface area contributed by atoms with Gasteiger partial charge in [0.2, 0.25) is 0 Å². The highest BCUT2D eigenvalue weighted by atomic mass is 16.5. The Morgan fingerprint density at radius 3 is 2.54 bits per heavy atom. The first-order valence-electron chi connectivity index (χ1n) is 4.22. The van der Waals surface area contributed by atoms with Crippen LogP contribution in [-0.4, -0.2) is 48.8 Å². The van der Waals surface area contributed by atoms with Crippen molar-refractivity contribution >= 4 is 5.84 Å². The highest BCUT2D eigenvalue weighted by Crippen LogP contribution is 2.02. The topological polar surface area (TPSA) is 71.1 Å². The van der Waals surface area contributed by atoms with Gasteiger partial charge in [0.1, 0.15) is 0 Å². The SMILES string of the molecule is COCC(C)N(C)C(C)C(N)=NO. The Balaban J connectivity index is 4.16. The van der Waals surface area contributed by atoms with Gasteiger partial charge in [0, 0.05) is 13.2 Å². The first kappa shape index (κ1) is 12.2. The second kappa shape index (κ2) is 5.77. The molecule has 2 unspecified atom stereocenters. The molecule has 5 heteroatoms. The Morgan fingerprint density at radius 1 is 1.62 bits per heavy atom. The van der Waals surface area contributed by atoms with E-state index in [9.17, 15) is 0 Å². The van der Waals surface area contributed by atoms with Crippen molar-refractivity contribution in [2.24, 2.45) is 10.9 Å². The van der Waals surface area contributed by atoms with E-state index in [0.717, 1.165) is 0 Å². The number of amidine groups is 1. The molecule has 0 bridgehead atoms. The zero-order valence-electron chi connectivity index (χ0n) is 8.69. The minimum atomic E-state index is -0.0878. The van der Waals surface area contributed by atoms with Crippen molar-refractivity contribution in [1.29, 1.82) is 0 Å². The van der Waals surface area contributed by atoms with Crippen LogP contribution in [0.25, 0.3) is 0 Å². The minimum Gasteiger partial charge on any atom is -0.409 e. The molecule has 78 valence electrons. The van der Waals surface area contributed by atoms with Crippen LogP contribution in [0.5, 0.6) is 0 Å². The van der Waals surface area contributed by atoms with Gasteiger partial charge >= 0.3 is 0 Å². The lowest BCUT2D eigenvalue weighted by atomic mass is 10.2. The van der Waals surface area contributed by atoms with E-state index in [2.05, 4.69) is 5.16 Å². The van der Waals surface area contributed by atoms with Gasteiger partial charge in [-0.2, -0.15) is 0 Å². The molecular formula is C8H19N3O2. The lowest BCUT2D eigenvalue weighted by Gasteiger charge is -2.29. The lowest BCUT2D eigenvalue weighted by Crippen LogP contribution is -2.46. The van der Waals surface area contributed by atoms with Gasteiger partial charge in [0.25, 0.3) is 0 Å². The summed E-state index contributed by atoms with van der Waals surface area (Å²) in [4.78, 5) is 1.98. The maximum Gasteiger partial charge on any atom is 0.156 e. The number of rotatable bonds is 5. The summed E-state index contributed by atoms with van der Waals surface area (Å²) in [6.07, 6.45) is 0. The maximum atomic E-state index is 8.47. The second-order valence-corrected chi connectivity index (χ2v) is 3.17. The van der Waals surface area contributed by atoms with Crippen LogP contribution in [0.2, 0.25) is 0 Å². The van der Waals surface area contributed by atoms with Gasteiger partial charge in [-0.05, 0) is 20.9 Å². The normalized spacial score (nSPS) is 17.5. The first-order chi connectivity index (χ1) is 6.04. The van der Waals surface area contributed by atoms with Crippen molar-refractivity contribution in [3.63, 3.8) is 0 Å². The van der Waals surface area contributed by atoms with E-state index in [4.69, 9.17) is 15.7 Å². The van der Waals surface area contributed by atoms with Crippen molar-refractivity contribution in [1.82, 2.24) is 4.90 Å². The zero-order chi connectivity index (χ0) is 10.4. The molecule has 0 aromatic rings. The molecule has 0 aliphatic heterocycles. The molecule has 0 aliphatic rings. The molecule has 0 fully saturated rings. The quantitative estimate of drug-likeness (QED) is 0.278. The van der Waals surface area contributed by atoms with Gasteiger partial charge in [0.05, 0.1) is 12.6 Å². The minimum absolute atomic E-state index is 0.0878. The average Bonchev–Trinajstić information content (AvgIpc) is 2.14. The molecule has 0 spiro atoms. The Labute approximate surface area is 79.2 Å². The molecule has 0 aromatic heterocycles. The van der Waals surface area contributed by atoms with E-state index in [1.807, 2.05) is 25.8 Å². The van der Waals surface area contributed by atoms with E-state index in [1.54, 1.807) is 7.11 Å². The summed E-state index contributed by atoms with van der Waals surface area (Å²) in [7, 11) is 3.56. The molecule has 0 saturated carbocycles. The number of likely N-dealkylation sites (N-methyl/N-ethyl adjacent to an activating group) is 1. The number of oxime groups is 1. The number of hydrogen-bond donors (Lipinski definition) is 2. The van der Waals surface area contributed by atoms with Crippen LogP contribution in [0.1, 0.15) is 13.8 Å². The highest BCUT2D eigenvalue weighted by Gasteiger charge is 2.18. The predicted octanol–water partition coefficient (Wildman–Crippen LogP) is 0.0880. The van der Waals surface area contributed by atoms with Crippen LogP contribution in [-0.2, 0) is 4.74 Å². The van der Waals surface area contributed by atoms with E-state index >= 15 is 0 Å². The molecule has 0 aliphatic carbocycles. The summed E-state index contributed by atoms with van der Waals surface area (Å²) in [6, 6.07) is 0.149. The molecule has 0 aromatic carbocycles. The highest BCUT2D eigenvalue weighted by molar-refractivity contribution is 5.84. The van der Waals surface area contributed by atoms with Gasteiger partial charge < -0.3 is 15.7 Å². The molecule has 0 radical (unpaired) electrons. The summed E-state index contributed by atoms with van der Waals surface area (Å²) in [5, 5.41) is 11.4. The fraction of sp³-hybridized carbons (Fsp3) is 0.875. The van der Waals surface area contributed by atoms with Gasteiger partial charge in [0.15, 0.2) is 5.84 Å². The lowest BCUT2D eigenvalue weighted by molar-refractivity contribution is 0.107. The number of hydrogen-bond acceptors (Lipinski definition) is 4. The summed E-state index contributed by atoms with van der Waals surface area (Å²) in [5.74, 6) is 0.213. The maximum absolute atomic E-state index is 8.47. The van der Waals surface area contributed by atoms with Crippen molar-refractivity contribution in [2.45, 2.75) is 25.9 Å². The Morgan fingerprint density at radius 2 is 2.15 bits per heavy atom. The number of methoxy groups -OCH3 is 1. The van der Waals surface area contributed by atoms with Crippen LogP contribution in [0.3, 0.4) is 0 Å². The number of nitrogens with two attached hydrogens (primary N) is 1. The standard InChI is InChI=1S/C8H19N3O2/c1-6(5-13-4)11(3)7(2)8(9)10-12/h6-7,12H,5H2,1-4H3,(H2,9,10). The van der Waals surface area contributed by atoms with Crippen molar-refractivity contribution in [3.8, 4) is 0 Å². The third kappa shape index (κ3) is 3.61. The first-order valence-corrected chi connectivity index (χ1v) is 4.22. The third-order valence-corrected chi connectivity index (χ3v) is 2.26. The molecule has 0 rings (SSSR count). The van der Waals surface area contributed by atoms with Gasteiger partial charge in [-0.3, -0.25) is 4.90 Å². The van der Waals surface area contributed by atoms with Crippen molar-refractivity contribution in [2.75, 3.05) is 20.8 Å². The summed E-state index contributed by atoms with van der Waals surface area (Å²) < 4.78 is 5.00. The van der Waals surface area contributed by atoms with E-state index in [-0.39, 0.29) is 17.9 Å². The smallest absolute Gasteiger partial charge is 0.156 e. The van der Waals surface area contributed by atoms with Crippen LogP contribution in [0, 0.1) is 0 Å². The van der Waals surface area contributed by atoms with E-state index in [0.29, 0.717) is 6.61 Å². The zero-order valence-corrected chi connectivity index (χ0v) is 8.69. The molecule has 0 amide bonds. The van der Waals surface area contributed by atoms with Crippen LogP contribution in [0.4, 0.5) is 0 Å². The van der Waals surface area contributed by atoms with Crippen molar-refractivity contribution in [3.05, 3.63) is 0 Å². The average molecular weight is 189 g/mol. The molecular weight excluding hydrogens is 170 g/mol. The van der Waals surface area contributed by atoms with Crippen molar-refractivity contribution < 1.29 is 9.94 Å². The molecule has 0 saturated heterocycles. The molecule has 0 heterocycles. The Hall–Kier alpha value is -0.810. The van der Waals surface area contributed by atoms with Gasteiger partial charge in [-0.15, -0.1) is 0 Å². The number of ether oxygens (including phenoxy) is 1. The number of nitrogens with zero attached hydrogens (tertiary/aromatic N) is 2. The van der Waals surface area contributed by atoms with Crippen LogP contribution >= 0.6 is 0 Å². The molecule has 5 nitrogen and oxygen atoms in total. The fourth-order valence-corrected chi connectivity index (χ4v) is 1.03. The Kier molecular flexibility index (Phi) is 5.41. The van der Waals surface area contributed by atoms with Gasteiger partial charge in [-0.25, -0.2) is 0 Å².